The number of esters is 1. The minimum Gasteiger partial charge on any atom is -0.462 e. The second-order valence-electron chi connectivity index (χ2n) is 4.94. The third-order valence-corrected chi connectivity index (χ3v) is 3.33. The lowest BCUT2D eigenvalue weighted by Crippen LogP contribution is -2.15. The van der Waals surface area contributed by atoms with Gasteiger partial charge in [-0.1, -0.05) is 38.8 Å². The molecule has 0 aromatic heterocycles. The highest BCUT2D eigenvalue weighted by molar-refractivity contribution is 5.99. The van der Waals surface area contributed by atoms with Crippen LogP contribution in [0.3, 0.4) is 0 Å². The van der Waals surface area contributed by atoms with Crippen LogP contribution in [0.5, 0.6) is 0 Å². The van der Waals surface area contributed by atoms with Gasteiger partial charge in [0.25, 0.3) is 0 Å². The largest absolute Gasteiger partial charge is 0.462 e. The Hall–Kier alpha value is -1.64. The number of hydrogen-bond acceptors (Lipinski definition) is 3. The zero-order chi connectivity index (χ0) is 15.0. The quantitative estimate of drug-likeness (QED) is 0.526. The van der Waals surface area contributed by atoms with Gasteiger partial charge in [0.05, 0.1) is 12.2 Å². The van der Waals surface area contributed by atoms with E-state index >= 15 is 0 Å². The number of Topliss-reactive ketones (excluding diaryl/α,β-unsaturated/α-hetero) is 1. The fraction of sp³-hybridized carbons (Fsp3) is 0.529. The molecule has 0 aliphatic heterocycles. The van der Waals surface area contributed by atoms with Gasteiger partial charge in [0, 0.05) is 11.5 Å². The van der Waals surface area contributed by atoms with Crippen LogP contribution in [0.1, 0.15) is 67.2 Å². The minimum atomic E-state index is -0.342. The number of carbonyl (C=O) groups is 2. The van der Waals surface area contributed by atoms with Crippen molar-refractivity contribution in [2.24, 2.45) is 5.92 Å². The summed E-state index contributed by atoms with van der Waals surface area (Å²) < 4.78 is 4.93. The Morgan fingerprint density at radius 2 is 1.45 bits per heavy atom. The van der Waals surface area contributed by atoms with Crippen molar-refractivity contribution in [3.05, 3.63) is 35.4 Å². The molecule has 0 unspecified atom stereocenters. The predicted octanol–water partition coefficient (Wildman–Crippen LogP) is 4.26. The van der Waals surface area contributed by atoms with Gasteiger partial charge < -0.3 is 4.74 Å². The lowest BCUT2D eigenvalue weighted by atomic mass is 9.89. The molecule has 20 heavy (non-hydrogen) atoms. The highest BCUT2D eigenvalue weighted by atomic mass is 16.5. The molecule has 0 radical (unpaired) electrons. The van der Waals surface area contributed by atoms with Gasteiger partial charge in [0.15, 0.2) is 5.78 Å². The predicted molar refractivity (Wildman–Crippen MR) is 80.0 cm³/mol. The lowest BCUT2D eigenvalue weighted by Gasteiger charge is -2.14. The second-order valence-corrected chi connectivity index (χ2v) is 4.94. The number of carbonyl (C=O) groups excluding carboxylic acids is 2. The standard InChI is InChI=1S/C17H24O3/c1-4-7-13(8-5-2)16(18)14-9-11-15(12-10-14)17(19)20-6-3/h9-13H,4-8H2,1-3H3. The lowest BCUT2D eigenvalue weighted by molar-refractivity contribution is 0.0526. The smallest absolute Gasteiger partial charge is 0.338 e. The van der Waals surface area contributed by atoms with Crippen LogP contribution in [0.2, 0.25) is 0 Å². The van der Waals surface area contributed by atoms with E-state index in [-0.39, 0.29) is 17.7 Å². The molecule has 1 aromatic carbocycles. The van der Waals surface area contributed by atoms with Gasteiger partial charge in [-0.05, 0) is 31.9 Å². The zero-order valence-electron chi connectivity index (χ0n) is 12.6. The van der Waals surface area contributed by atoms with Crippen molar-refractivity contribution in [2.75, 3.05) is 6.61 Å². The highest BCUT2D eigenvalue weighted by Crippen LogP contribution is 2.20. The molecule has 0 heterocycles. The Kier molecular flexibility index (Phi) is 6.99. The van der Waals surface area contributed by atoms with Gasteiger partial charge in [-0.25, -0.2) is 4.79 Å². The summed E-state index contributed by atoms with van der Waals surface area (Å²) in [7, 11) is 0. The average Bonchev–Trinajstić information content (AvgIpc) is 2.47. The second kappa shape index (κ2) is 8.51. The Bertz CT molecular complexity index is 428. The molecule has 0 bridgehead atoms. The number of hydrogen-bond donors (Lipinski definition) is 0. The first-order valence-corrected chi connectivity index (χ1v) is 7.45. The van der Waals surface area contributed by atoms with Crippen molar-refractivity contribution >= 4 is 11.8 Å². The van der Waals surface area contributed by atoms with Gasteiger partial charge in [0.1, 0.15) is 0 Å². The molecule has 1 rings (SSSR count). The average molecular weight is 276 g/mol. The SMILES string of the molecule is CCCC(CCC)C(=O)c1ccc(C(=O)OCC)cc1. The van der Waals surface area contributed by atoms with Crippen LogP contribution >= 0.6 is 0 Å². The molecule has 0 saturated carbocycles. The van der Waals surface area contributed by atoms with Crippen molar-refractivity contribution in [3.8, 4) is 0 Å². The molecular weight excluding hydrogens is 252 g/mol. The molecule has 3 nitrogen and oxygen atoms in total. The summed E-state index contributed by atoms with van der Waals surface area (Å²) in [6.45, 7) is 6.32. The molecule has 0 fully saturated rings. The summed E-state index contributed by atoms with van der Waals surface area (Å²) in [6.07, 6.45) is 3.87. The highest BCUT2D eigenvalue weighted by Gasteiger charge is 2.18. The third kappa shape index (κ3) is 4.48. The van der Waals surface area contributed by atoms with E-state index in [0.717, 1.165) is 25.7 Å². The van der Waals surface area contributed by atoms with E-state index in [0.29, 0.717) is 17.7 Å². The van der Waals surface area contributed by atoms with Crippen molar-refractivity contribution in [2.45, 2.75) is 46.5 Å². The molecular formula is C17H24O3. The summed E-state index contributed by atoms with van der Waals surface area (Å²) in [5.41, 5.74) is 1.18. The summed E-state index contributed by atoms with van der Waals surface area (Å²) in [5.74, 6) is -0.0623. The molecule has 0 atom stereocenters. The first-order valence-electron chi connectivity index (χ1n) is 7.45. The number of benzene rings is 1. The van der Waals surface area contributed by atoms with Crippen LogP contribution in [0.25, 0.3) is 0 Å². The molecule has 0 N–H and O–H groups in total. The van der Waals surface area contributed by atoms with Crippen LogP contribution in [0, 0.1) is 5.92 Å². The van der Waals surface area contributed by atoms with Crippen molar-refractivity contribution < 1.29 is 14.3 Å². The first kappa shape index (κ1) is 16.4. The fourth-order valence-corrected chi connectivity index (χ4v) is 2.32. The molecule has 1 aromatic rings. The van der Waals surface area contributed by atoms with Crippen LogP contribution in [0.15, 0.2) is 24.3 Å². The van der Waals surface area contributed by atoms with E-state index in [1.807, 2.05) is 0 Å². The van der Waals surface area contributed by atoms with Crippen LogP contribution < -0.4 is 0 Å². The van der Waals surface area contributed by atoms with Gasteiger partial charge in [-0.2, -0.15) is 0 Å². The van der Waals surface area contributed by atoms with Crippen LogP contribution in [-0.4, -0.2) is 18.4 Å². The first-order chi connectivity index (χ1) is 9.63. The van der Waals surface area contributed by atoms with Gasteiger partial charge in [0.2, 0.25) is 0 Å². The molecule has 0 aliphatic carbocycles. The normalized spacial score (nSPS) is 10.6. The van der Waals surface area contributed by atoms with E-state index in [4.69, 9.17) is 4.74 Å². The van der Waals surface area contributed by atoms with Crippen molar-refractivity contribution in [3.63, 3.8) is 0 Å². The number of ether oxygens (including phenoxy) is 1. The minimum absolute atomic E-state index is 0.0958. The molecule has 0 spiro atoms. The summed E-state index contributed by atoms with van der Waals surface area (Å²) in [4.78, 5) is 24.0. The fourth-order valence-electron chi connectivity index (χ4n) is 2.32. The molecule has 0 aliphatic rings. The Balaban J connectivity index is 2.80. The monoisotopic (exact) mass is 276 g/mol. The van der Waals surface area contributed by atoms with E-state index in [1.165, 1.54) is 0 Å². The summed E-state index contributed by atoms with van der Waals surface area (Å²) in [5, 5.41) is 0. The van der Waals surface area contributed by atoms with E-state index < -0.39 is 0 Å². The van der Waals surface area contributed by atoms with Crippen LogP contribution in [0.4, 0.5) is 0 Å². The third-order valence-electron chi connectivity index (χ3n) is 3.33. The molecule has 3 heteroatoms. The maximum absolute atomic E-state index is 12.4. The van der Waals surface area contributed by atoms with E-state index in [1.54, 1.807) is 31.2 Å². The Morgan fingerprint density at radius 3 is 1.90 bits per heavy atom. The van der Waals surface area contributed by atoms with Crippen molar-refractivity contribution in [1.29, 1.82) is 0 Å². The summed E-state index contributed by atoms with van der Waals surface area (Å²) in [6, 6.07) is 6.79. The van der Waals surface area contributed by atoms with E-state index in [9.17, 15) is 9.59 Å². The summed E-state index contributed by atoms with van der Waals surface area (Å²) >= 11 is 0. The topological polar surface area (TPSA) is 43.4 Å². The van der Waals surface area contributed by atoms with E-state index in [2.05, 4.69) is 13.8 Å². The van der Waals surface area contributed by atoms with Crippen LogP contribution in [-0.2, 0) is 4.74 Å². The molecule has 0 amide bonds. The molecule has 0 saturated heterocycles. The van der Waals surface area contributed by atoms with Gasteiger partial charge in [-0.15, -0.1) is 0 Å². The Morgan fingerprint density at radius 1 is 0.950 bits per heavy atom. The van der Waals surface area contributed by atoms with Crippen molar-refractivity contribution in [1.82, 2.24) is 0 Å². The maximum Gasteiger partial charge on any atom is 0.338 e. The van der Waals surface area contributed by atoms with Gasteiger partial charge >= 0.3 is 5.97 Å². The number of ketones is 1. The van der Waals surface area contributed by atoms with Gasteiger partial charge in [-0.3, -0.25) is 4.79 Å². The maximum atomic E-state index is 12.4. The number of rotatable bonds is 8. The molecule has 110 valence electrons. The Labute approximate surface area is 121 Å². The zero-order valence-corrected chi connectivity index (χ0v) is 12.6.